The SMILES string of the molecule is COc1ccc(OC)c(NCCC(=O)N2CCN(c3cccc(C)c3C)CC2)c1. The first-order valence-corrected chi connectivity index (χ1v) is 10.1. The van der Waals surface area contributed by atoms with E-state index in [-0.39, 0.29) is 5.91 Å². The first-order chi connectivity index (χ1) is 14.0. The number of methoxy groups -OCH3 is 2. The van der Waals surface area contributed by atoms with Gasteiger partial charge in [0, 0.05) is 50.9 Å². The molecule has 1 aliphatic rings. The lowest BCUT2D eigenvalue weighted by molar-refractivity contribution is -0.131. The van der Waals surface area contributed by atoms with E-state index in [1.54, 1.807) is 14.2 Å². The van der Waals surface area contributed by atoms with Gasteiger partial charge in [-0.2, -0.15) is 0 Å². The fraction of sp³-hybridized carbons (Fsp3) is 0.435. The Morgan fingerprint density at radius 3 is 2.48 bits per heavy atom. The highest BCUT2D eigenvalue weighted by atomic mass is 16.5. The number of anilines is 2. The maximum Gasteiger partial charge on any atom is 0.224 e. The highest BCUT2D eigenvalue weighted by Crippen LogP contribution is 2.29. The summed E-state index contributed by atoms with van der Waals surface area (Å²) in [5, 5.41) is 3.29. The van der Waals surface area contributed by atoms with E-state index in [0.29, 0.717) is 13.0 Å². The van der Waals surface area contributed by atoms with E-state index in [1.807, 2.05) is 23.1 Å². The van der Waals surface area contributed by atoms with E-state index in [0.717, 1.165) is 43.4 Å². The third-order valence-electron chi connectivity index (χ3n) is 5.61. The fourth-order valence-corrected chi connectivity index (χ4v) is 3.69. The van der Waals surface area contributed by atoms with Crippen molar-refractivity contribution in [2.24, 2.45) is 0 Å². The monoisotopic (exact) mass is 397 g/mol. The number of hydrogen-bond acceptors (Lipinski definition) is 5. The standard InChI is InChI=1S/C23H31N3O3/c1-17-6-5-7-21(18(17)2)25-12-14-26(15-13-25)23(27)10-11-24-20-16-19(28-3)8-9-22(20)29-4/h5-9,16,24H,10-15H2,1-4H3. The van der Waals surface area contributed by atoms with Crippen molar-refractivity contribution in [3.05, 3.63) is 47.5 Å². The van der Waals surface area contributed by atoms with Gasteiger partial charge in [0.2, 0.25) is 5.91 Å². The van der Waals surface area contributed by atoms with Crippen molar-refractivity contribution < 1.29 is 14.3 Å². The average molecular weight is 398 g/mol. The van der Waals surface area contributed by atoms with Gasteiger partial charge in [-0.15, -0.1) is 0 Å². The van der Waals surface area contributed by atoms with Gasteiger partial charge >= 0.3 is 0 Å². The highest BCUT2D eigenvalue weighted by Gasteiger charge is 2.22. The molecule has 0 atom stereocenters. The molecular weight excluding hydrogens is 366 g/mol. The molecule has 2 aromatic rings. The van der Waals surface area contributed by atoms with Crippen LogP contribution in [0.1, 0.15) is 17.5 Å². The number of amides is 1. The second kappa shape index (κ2) is 9.54. The third-order valence-corrected chi connectivity index (χ3v) is 5.61. The van der Waals surface area contributed by atoms with E-state index in [2.05, 4.69) is 42.3 Å². The maximum atomic E-state index is 12.6. The van der Waals surface area contributed by atoms with Crippen LogP contribution in [0.4, 0.5) is 11.4 Å². The highest BCUT2D eigenvalue weighted by molar-refractivity contribution is 5.77. The molecule has 0 spiro atoms. The number of aryl methyl sites for hydroxylation is 1. The topological polar surface area (TPSA) is 54.0 Å². The molecule has 1 saturated heterocycles. The minimum absolute atomic E-state index is 0.181. The molecular formula is C23H31N3O3. The van der Waals surface area contributed by atoms with Crippen molar-refractivity contribution in [1.29, 1.82) is 0 Å². The van der Waals surface area contributed by atoms with Crippen molar-refractivity contribution in [2.75, 3.05) is 57.2 Å². The summed E-state index contributed by atoms with van der Waals surface area (Å²) in [6.45, 7) is 8.12. The van der Waals surface area contributed by atoms with E-state index >= 15 is 0 Å². The summed E-state index contributed by atoms with van der Waals surface area (Å²) >= 11 is 0. The number of rotatable bonds is 7. The van der Waals surface area contributed by atoms with E-state index in [9.17, 15) is 4.79 Å². The molecule has 2 aromatic carbocycles. The van der Waals surface area contributed by atoms with Crippen LogP contribution in [-0.4, -0.2) is 57.8 Å². The molecule has 3 rings (SSSR count). The van der Waals surface area contributed by atoms with Crippen molar-refractivity contribution in [3.63, 3.8) is 0 Å². The molecule has 0 radical (unpaired) electrons. The molecule has 6 nitrogen and oxygen atoms in total. The zero-order valence-corrected chi connectivity index (χ0v) is 17.8. The zero-order valence-electron chi connectivity index (χ0n) is 17.8. The average Bonchev–Trinajstić information content (AvgIpc) is 2.75. The van der Waals surface area contributed by atoms with Crippen LogP contribution in [0.2, 0.25) is 0 Å². The second-order valence-electron chi connectivity index (χ2n) is 7.33. The van der Waals surface area contributed by atoms with Gasteiger partial charge in [0.05, 0.1) is 19.9 Å². The molecule has 0 unspecified atom stereocenters. The first-order valence-electron chi connectivity index (χ1n) is 10.1. The quantitative estimate of drug-likeness (QED) is 0.775. The number of hydrogen-bond donors (Lipinski definition) is 1. The van der Waals surface area contributed by atoms with Gasteiger partial charge in [0.15, 0.2) is 0 Å². The molecule has 1 fully saturated rings. The molecule has 6 heteroatoms. The van der Waals surface area contributed by atoms with Crippen LogP contribution >= 0.6 is 0 Å². The normalized spacial score (nSPS) is 13.9. The molecule has 156 valence electrons. The molecule has 1 amide bonds. The zero-order chi connectivity index (χ0) is 20.8. The molecule has 1 aliphatic heterocycles. The lowest BCUT2D eigenvalue weighted by atomic mass is 10.1. The van der Waals surface area contributed by atoms with Gasteiger partial charge in [0.25, 0.3) is 0 Å². The Balaban J connectivity index is 1.50. The smallest absolute Gasteiger partial charge is 0.224 e. The molecule has 29 heavy (non-hydrogen) atoms. The lowest BCUT2D eigenvalue weighted by Gasteiger charge is -2.37. The van der Waals surface area contributed by atoms with Crippen LogP contribution in [0.5, 0.6) is 11.5 Å². The van der Waals surface area contributed by atoms with Crippen molar-refractivity contribution >= 4 is 17.3 Å². The minimum Gasteiger partial charge on any atom is -0.497 e. The van der Waals surface area contributed by atoms with Gasteiger partial charge in [-0.3, -0.25) is 4.79 Å². The van der Waals surface area contributed by atoms with Crippen LogP contribution in [0.25, 0.3) is 0 Å². The van der Waals surface area contributed by atoms with Crippen LogP contribution < -0.4 is 19.7 Å². The lowest BCUT2D eigenvalue weighted by Crippen LogP contribution is -2.49. The number of nitrogens with zero attached hydrogens (tertiary/aromatic N) is 2. The number of nitrogens with one attached hydrogen (secondary N) is 1. The van der Waals surface area contributed by atoms with Crippen LogP contribution in [0.3, 0.4) is 0 Å². The van der Waals surface area contributed by atoms with Crippen LogP contribution in [0, 0.1) is 13.8 Å². The van der Waals surface area contributed by atoms with Crippen molar-refractivity contribution in [1.82, 2.24) is 4.90 Å². The Morgan fingerprint density at radius 2 is 1.79 bits per heavy atom. The van der Waals surface area contributed by atoms with E-state index in [4.69, 9.17) is 9.47 Å². The molecule has 0 saturated carbocycles. The maximum absolute atomic E-state index is 12.6. The molecule has 1 heterocycles. The summed E-state index contributed by atoms with van der Waals surface area (Å²) in [4.78, 5) is 17.0. The third kappa shape index (κ3) is 4.94. The van der Waals surface area contributed by atoms with Crippen molar-refractivity contribution in [3.8, 4) is 11.5 Å². The fourth-order valence-electron chi connectivity index (χ4n) is 3.69. The first kappa shape index (κ1) is 20.8. The molecule has 0 aromatic heterocycles. The number of benzene rings is 2. The molecule has 1 N–H and O–H groups in total. The number of ether oxygens (including phenoxy) is 2. The molecule has 0 aliphatic carbocycles. The summed E-state index contributed by atoms with van der Waals surface area (Å²) in [6, 6.07) is 12.0. The Morgan fingerprint density at radius 1 is 1.03 bits per heavy atom. The molecule has 0 bridgehead atoms. The predicted molar refractivity (Wildman–Crippen MR) is 117 cm³/mol. The Hall–Kier alpha value is -2.89. The van der Waals surface area contributed by atoms with Gasteiger partial charge < -0.3 is 24.6 Å². The summed E-state index contributed by atoms with van der Waals surface area (Å²) in [7, 11) is 3.26. The minimum atomic E-state index is 0.181. The Labute approximate surface area is 173 Å². The van der Waals surface area contributed by atoms with E-state index in [1.165, 1.54) is 16.8 Å². The number of piperazine rings is 1. The summed E-state index contributed by atoms with van der Waals surface area (Å²) in [5.41, 5.74) is 4.74. The van der Waals surface area contributed by atoms with Crippen LogP contribution in [-0.2, 0) is 4.79 Å². The number of carbonyl (C=O) groups is 1. The van der Waals surface area contributed by atoms with Gasteiger partial charge in [-0.05, 0) is 43.2 Å². The second-order valence-corrected chi connectivity index (χ2v) is 7.33. The Bertz CT molecular complexity index is 845. The predicted octanol–water partition coefficient (Wildman–Crippen LogP) is 3.47. The van der Waals surface area contributed by atoms with E-state index < -0.39 is 0 Å². The summed E-state index contributed by atoms with van der Waals surface area (Å²) in [5.74, 6) is 1.67. The van der Waals surface area contributed by atoms with Crippen LogP contribution in [0.15, 0.2) is 36.4 Å². The Kier molecular flexibility index (Phi) is 6.86. The van der Waals surface area contributed by atoms with Crippen molar-refractivity contribution in [2.45, 2.75) is 20.3 Å². The summed E-state index contributed by atoms with van der Waals surface area (Å²) < 4.78 is 10.6. The number of carbonyl (C=O) groups excluding carboxylic acids is 1. The van der Waals surface area contributed by atoms with Gasteiger partial charge in [-0.25, -0.2) is 0 Å². The largest absolute Gasteiger partial charge is 0.497 e. The van der Waals surface area contributed by atoms with Gasteiger partial charge in [0.1, 0.15) is 11.5 Å². The summed E-state index contributed by atoms with van der Waals surface area (Å²) in [6.07, 6.45) is 0.448. The van der Waals surface area contributed by atoms with Gasteiger partial charge in [-0.1, -0.05) is 12.1 Å².